The van der Waals surface area contributed by atoms with E-state index in [1.165, 1.54) is 36.4 Å². The van der Waals surface area contributed by atoms with Crippen molar-refractivity contribution in [1.29, 1.82) is 0 Å². The molecule has 0 aliphatic carbocycles. The van der Waals surface area contributed by atoms with Gasteiger partial charge in [0.1, 0.15) is 5.82 Å². The Morgan fingerprint density at radius 1 is 1.00 bits per heavy atom. The second kappa shape index (κ2) is 7.13. The summed E-state index contributed by atoms with van der Waals surface area (Å²) in [6.45, 7) is 2.65. The zero-order chi connectivity index (χ0) is 18.9. The summed E-state index contributed by atoms with van der Waals surface area (Å²) in [5.74, 6) is -0.0116. The zero-order valence-corrected chi connectivity index (χ0v) is 15.2. The topological polar surface area (TPSA) is 75.4 Å². The standard InChI is InChI=1S/C19H18FN3O3S/c20-15-8-6-14(7-9-15)17-22-18(19(26-17)23-12-10-21-11-13-23)27(24,25)16-4-2-1-3-5-16/h1-9,21H,10-13H2. The highest BCUT2D eigenvalue weighted by molar-refractivity contribution is 7.91. The van der Waals surface area contributed by atoms with Gasteiger partial charge < -0.3 is 14.6 Å². The lowest BCUT2D eigenvalue weighted by Gasteiger charge is -2.27. The predicted molar refractivity (Wildman–Crippen MR) is 98.9 cm³/mol. The monoisotopic (exact) mass is 387 g/mol. The summed E-state index contributed by atoms with van der Waals surface area (Å²) in [7, 11) is -3.86. The van der Waals surface area contributed by atoms with E-state index < -0.39 is 9.84 Å². The lowest BCUT2D eigenvalue weighted by atomic mass is 10.2. The molecule has 1 aromatic heterocycles. The van der Waals surface area contributed by atoms with Gasteiger partial charge in [0.25, 0.3) is 0 Å². The van der Waals surface area contributed by atoms with Crippen LogP contribution in [0, 0.1) is 5.82 Å². The second-order valence-corrected chi connectivity index (χ2v) is 8.05. The molecule has 1 aliphatic heterocycles. The van der Waals surface area contributed by atoms with Crippen LogP contribution < -0.4 is 10.2 Å². The molecule has 1 saturated heterocycles. The van der Waals surface area contributed by atoms with E-state index in [2.05, 4.69) is 10.3 Å². The number of nitrogens with zero attached hydrogens (tertiary/aromatic N) is 2. The summed E-state index contributed by atoms with van der Waals surface area (Å²) in [6, 6.07) is 13.7. The van der Waals surface area contributed by atoms with Gasteiger partial charge in [0.05, 0.1) is 4.90 Å². The van der Waals surface area contributed by atoms with Crippen molar-refractivity contribution in [3.63, 3.8) is 0 Å². The average molecular weight is 387 g/mol. The summed E-state index contributed by atoms with van der Waals surface area (Å²) in [4.78, 5) is 6.31. The van der Waals surface area contributed by atoms with Crippen molar-refractivity contribution in [3.05, 3.63) is 60.4 Å². The van der Waals surface area contributed by atoms with Crippen LogP contribution in [0.5, 0.6) is 0 Å². The van der Waals surface area contributed by atoms with Gasteiger partial charge in [-0.05, 0) is 36.4 Å². The van der Waals surface area contributed by atoms with E-state index in [4.69, 9.17) is 4.42 Å². The Morgan fingerprint density at radius 2 is 1.67 bits per heavy atom. The summed E-state index contributed by atoms with van der Waals surface area (Å²) in [5.41, 5.74) is 0.516. The number of sulfone groups is 1. The summed E-state index contributed by atoms with van der Waals surface area (Å²) >= 11 is 0. The van der Waals surface area contributed by atoms with Crippen molar-refractivity contribution >= 4 is 15.7 Å². The molecule has 2 heterocycles. The van der Waals surface area contributed by atoms with Crippen LogP contribution in [0.1, 0.15) is 0 Å². The fourth-order valence-electron chi connectivity index (χ4n) is 2.97. The van der Waals surface area contributed by atoms with Crippen LogP contribution in [-0.2, 0) is 9.84 Å². The van der Waals surface area contributed by atoms with Crippen LogP contribution in [0.4, 0.5) is 10.3 Å². The Bertz CT molecular complexity index is 1030. The van der Waals surface area contributed by atoms with E-state index in [1.807, 2.05) is 4.90 Å². The molecule has 0 spiro atoms. The molecular formula is C19H18FN3O3S. The number of aromatic nitrogens is 1. The number of anilines is 1. The van der Waals surface area contributed by atoms with Crippen LogP contribution >= 0.6 is 0 Å². The number of piperazine rings is 1. The molecule has 6 nitrogen and oxygen atoms in total. The lowest BCUT2D eigenvalue weighted by Crippen LogP contribution is -2.43. The maximum absolute atomic E-state index is 13.2. The fourth-order valence-corrected chi connectivity index (χ4v) is 4.31. The Balaban J connectivity index is 1.84. The van der Waals surface area contributed by atoms with Gasteiger partial charge in [0, 0.05) is 31.7 Å². The van der Waals surface area contributed by atoms with Gasteiger partial charge in [-0.1, -0.05) is 18.2 Å². The maximum Gasteiger partial charge on any atom is 0.236 e. The van der Waals surface area contributed by atoms with Crippen molar-refractivity contribution in [2.45, 2.75) is 9.92 Å². The van der Waals surface area contributed by atoms with Crippen LogP contribution in [0.25, 0.3) is 11.5 Å². The van der Waals surface area contributed by atoms with Gasteiger partial charge in [0.15, 0.2) is 0 Å². The average Bonchev–Trinajstić information content (AvgIpc) is 3.16. The molecule has 27 heavy (non-hydrogen) atoms. The Labute approximate surface area is 156 Å². The molecule has 140 valence electrons. The van der Waals surface area contributed by atoms with Gasteiger partial charge in [-0.2, -0.15) is 4.98 Å². The van der Waals surface area contributed by atoms with Crippen LogP contribution in [-0.4, -0.2) is 39.6 Å². The van der Waals surface area contributed by atoms with Crippen molar-refractivity contribution in [3.8, 4) is 11.5 Å². The molecule has 0 amide bonds. The van der Waals surface area contributed by atoms with Crippen LogP contribution in [0.2, 0.25) is 0 Å². The van der Waals surface area contributed by atoms with E-state index in [0.29, 0.717) is 18.7 Å². The highest BCUT2D eigenvalue weighted by Gasteiger charge is 2.31. The first-order chi connectivity index (χ1) is 13.1. The fraction of sp³-hybridized carbons (Fsp3) is 0.211. The normalized spacial score (nSPS) is 15.1. The molecule has 1 aliphatic rings. The third-order valence-electron chi connectivity index (χ3n) is 4.38. The first-order valence-electron chi connectivity index (χ1n) is 8.58. The second-order valence-electron chi connectivity index (χ2n) is 6.19. The number of nitrogens with one attached hydrogen (secondary N) is 1. The minimum absolute atomic E-state index is 0.116. The van der Waals surface area contributed by atoms with Gasteiger partial charge in [-0.15, -0.1) is 0 Å². The van der Waals surface area contributed by atoms with Crippen molar-refractivity contribution in [1.82, 2.24) is 10.3 Å². The molecule has 1 N–H and O–H groups in total. The molecule has 3 aromatic rings. The molecule has 0 unspecified atom stereocenters. The molecule has 2 aromatic carbocycles. The first-order valence-corrected chi connectivity index (χ1v) is 10.1. The summed E-state index contributed by atoms with van der Waals surface area (Å²) < 4.78 is 45.4. The zero-order valence-electron chi connectivity index (χ0n) is 14.4. The number of hydrogen-bond donors (Lipinski definition) is 1. The van der Waals surface area contributed by atoms with Crippen LogP contribution in [0.15, 0.2) is 68.9 Å². The van der Waals surface area contributed by atoms with Crippen molar-refractivity contribution < 1.29 is 17.2 Å². The largest absolute Gasteiger partial charge is 0.419 e. The summed E-state index contributed by atoms with van der Waals surface area (Å²) in [6.07, 6.45) is 0. The number of hydrogen-bond acceptors (Lipinski definition) is 6. The highest BCUT2D eigenvalue weighted by Crippen LogP contribution is 2.34. The number of oxazole rings is 1. The molecule has 8 heteroatoms. The molecule has 0 atom stereocenters. The minimum atomic E-state index is -3.86. The van der Waals surface area contributed by atoms with Gasteiger partial charge >= 0.3 is 0 Å². The maximum atomic E-state index is 13.2. The Kier molecular flexibility index (Phi) is 4.67. The molecular weight excluding hydrogens is 369 g/mol. The molecule has 4 rings (SSSR count). The highest BCUT2D eigenvalue weighted by atomic mass is 32.2. The SMILES string of the molecule is O=S(=O)(c1ccccc1)c1nc(-c2ccc(F)cc2)oc1N1CCNCC1. The number of benzene rings is 2. The van der Waals surface area contributed by atoms with E-state index in [1.54, 1.807) is 18.2 Å². The van der Waals surface area contributed by atoms with Gasteiger partial charge in [-0.25, -0.2) is 12.8 Å². The third-order valence-corrected chi connectivity index (χ3v) is 6.05. The van der Waals surface area contributed by atoms with Gasteiger partial charge in [0.2, 0.25) is 26.6 Å². The van der Waals surface area contributed by atoms with E-state index in [9.17, 15) is 12.8 Å². The van der Waals surface area contributed by atoms with E-state index in [0.717, 1.165) is 13.1 Å². The lowest BCUT2D eigenvalue weighted by molar-refractivity contribution is 0.506. The molecule has 0 radical (unpaired) electrons. The van der Waals surface area contributed by atoms with Gasteiger partial charge in [-0.3, -0.25) is 0 Å². The first kappa shape index (κ1) is 17.7. The summed E-state index contributed by atoms with van der Waals surface area (Å²) in [5, 5.41) is 3.11. The molecule has 0 saturated carbocycles. The molecule has 1 fully saturated rings. The smallest absolute Gasteiger partial charge is 0.236 e. The minimum Gasteiger partial charge on any atom is -0.419 e. The number of halogens is 1. The Morgan fingerprint density at radius 3 is 2.33 bits per heavy atom. The third kappa shape index (κ3) is 3.45. The van der Waals surface area contributed by atoms with Crippen LogP contribution in [0.3, 0.4) is 0 Å². The number of rotatable bonds is 4. The Hall–Kier alpha value is -2.71. The predicted octanol–water partition coefficient (Wildman–Crippen LogP) is 2.72. The van der Waals surface area contributed by atoms with E-state index in [-0.39, 0.29) is 27.5 Å². The molecule has 0 bridgehead atoms. The van der Waals surface area contributed by atoms with Crippen molar-refractivity contribution in [2.75, 3.05) is 31.1 Å². The van der Waals surface area contributed by atoms with E-state index >= 15 is 0 Å². The quantitative estimate of drug-likeness (QED) is 0.742. The van der Waals surface area contributed by atoms with Crippen molar-refractivity contribution in [2.24, 2.45) is 0 Å².